The van der Waals surface area contributed by atoms with Crippen LogP contribution in [-0.4, -0.2) is 31.1 Å². The lowest BCUT2D eigenvalue weighted by Gasteiger charge is -2.07. The fourth-order valence-electron chi connectivity index (χ4n) is 3.29. The molecular weight excluding hydrogens is 388 g/mol. The van der Waals surface area contributed by atoms with Crippen molar-refractivity contribution in [2.24, 2.45) is 0 Å². The van der Waals surface area contributed by atoms with E-state index in [2.05, 4.69) is 30.6 Å². The van der Waals surface area contributed by atoms with E-state index in [4.69, 9.17) is 4.52 Å². The molecule has 5 rings (SSSR count). The lowest BCUT2D eigenvalue weighted by Crippen LogP contribution is -2.05. The highest BCUT2D eigenvalue weighted by molar-refractivity contribution is 7.11. The molecule has 29 heavy (non-hydrogen) atoms. The molecular formula is C20H16N6O2S. The largest absolute Gasteiger partial charge is 0.356 e. The van der Waals surface area contributed by atoms with Crippen molar-refractivity contribution in [2.75, 3.05) is 5.32 Å². The predicted molar refractivity (Wildman–Crippen MR) is 111 cm³/mol. The van der Waals surface area contributed by atoms with Crippen molar-refractivity contribution in [3.8, 4) is 0 Å². The summed E-state index contributed by atoms with van der Waals surface area (Å²) in [5, 5.41) is 17.9. The Morgan fingerprint density at radius 2 is 2.21 bits per heavy atom. The summed E-state index contributed by atoms with van der Waals surface area (Å²) < 4.78 is 5.53. The number of ketones is 1. The molecule has 144 valence electrons. The zero-order valence-corrected chi connectivity index (χ0v) is 16.2. The maximum Gasteiger partial charge on any atom is 0.192 e. The number of nitrogens with zero attached hydrogens (tertiary/aromatic N) is 4. The summed E-state index contributed by atoms with van der Waals surface area (Å²) >= 11 is 1.35. The number of thiazole rings is 1. The molecule has 1 atom stereocenters. The Morgan fingerprint density at radius 1 is 1.28 bits per heavy atom. The van der Waals surface area contributed by atoms with Gasteiger partial charge in [-0.25, -0.2) is 4.98 Å². The first-order valence-electron chi connectivity index (χ1n) is 9.07. The van der Waals surface area contributed by atoms with E-state index in [1.54, 1.807) is 17.8 Å². The van der Waals surface area contributed by atoms with Crippen LogP contribution in [0.25, 0.3) is 22.0 Å². The summed E-state index contributed by atoms with van der Waals surface area (Å²) in [7, 11) is 0. The molecule has 0 saturated heterocycles. The van der Waals surface area contributed by atoms with Crippen LogP contribution in [0.3, 0.4) is 0 Å². The molecule has 0 aliphatic heterocycles. The third-order valence-corrected chi connectivity index (χ3v) is 5.53. The first-order chi connectivity index (χ1) is 14.2. The zero-order chi connectivity index (χ0) is 19.8. The number of hydrogen-bond acceptors (Lipinski definition) is 8. The molecule has 0 fully saturated rings. The van der Waals surface area contributed by atoms with Crippen molar-refractivity contribution in [2.45, 2.75) is 19.3 Å². The van der Waals surface area contributed by atoms with E-state index in [0.717, 1.165) is 27.8 Å². The van der Waals surface area contributed by atoms with Crippen molar-refractivity contribution in [1.29, 1.82) is 0 Å². The smallest absolute Gasteiger partial charge is 0.192 e. The number of aromatic nitrogens is 5. The van der Waals surface area contributed by atoms with E-state index in [-0.39, 0.29) is 11.7 Å². The first kappa shape index (κ1) is 17.5. The molecule has 0 aliphatic carbocycles. The summed E-state index contributed by atoms with van der Waals surface area (Å²) in [6, 6.07) is 9.51. The number of fused-ring (bicyclic) bond motifs is 2. The van der Waals surface area contributed by atoms with E-state index in [0.29, 0.717) is 22.8 Å². The van der Waals surface area contributed by atoms with Gasteiger partial charge >= 0.3 is 0 Å². The van der Waals surface area contributed by atoms with Gasteiger partial charge in [-0.1, -0.05) is 12.1 Å². The van der Waals surface area contributed by atoms with Crippen LogP contribution in [0, 0.1) is 0 Å². The van der Waals surface area contributed by atoms with Crippen LogP contribution in [0.2, 0.25) is 0 Å². The monoisotopic (exact) mass is 404 g/mol. The maximum absolute atomic E-state index is 12.4. The predicted octanol–water partition coefficient (Wildman–Crippen LogP) is 4.68. The second-order valence-electron chi connectivity index (χ2n) is 6.74. The maximum atomic E-state index is 12.4. The zero-order valence-electron chi connectivity index (χ0n) is 15.4. The van der Waals surface area contributed by atoms with Crippen LogP contribution >= 0.6 is 11.3 Å². The number of carbonyl (C=O) groups is 1. The summed E-state index contributed by atoms with van der Waals surface area (Å²) in [4.78, 5) is 20.8. The minimum atomic E-state index is -0.0778. The number of Topliss-reactive ketones (excluding diaryl/α,β-unsaturated/α-hetero) is 1. The average Bonchev–Trinajstić information content (AvgIpc) is 3.48. The molecule has 0 spiro atoms. The lowest BCUT2D eigenvalue weighted by atomic mass is 9.98. The normalized spacial score (nSPS) is 12.4. The highest BCUT2D eigenvalue weighted by Crippen LogP contribution is 2.31. The Morgan fingerprint density at radius 3 is 3.07 bits per heavy atom. The fourth-order valence-corrected chi connectivity index (χ4v) is 3.88. The number of H-pyrrole nitrogens is 1. The molecule has 5 aromatic rings. The standard InChI is InChI=1S/C20H16N6O2S/c1-11(9-15(27)20-22-7-8-29-20)17-13-5-4-12(10-16(13)28-26-17)23-19-18-14(24-25-19)3-2-6-21-18/h2-8,10-11H,9H2,1H3,(H2,23,24,25). The second kappa shape index (κ2) is 7.10. The molecule has 9 heteroatoms. The number of pyridine rings is 1. The van der Waals surface area contributed by atoms with Crippen molar-refractivity contribution >= 4 is 50.6 Å². The van der Waals surface area contributed by atoms with Crippen LogP contribution in [0.4, 0.5) is 11.5 Å². The molecule has 0 bridgehead atoms. The number of rotatable bonds is 6. The van der Waals surface area contributed by atoms with E-state index in [1.165, 1.54) is 11.3 Å². The number of aromatic amines is 1. The van der Waals surface area contributed by atoms with Gasteiger partial charge in [-0.15, -0.1) is 11.3 Å². The molecule has 8 nitrogen and oxygen atoms in total. The van der Waals surface area contributed by atoms with Crippen molar-refractivity contribution in [3.05, 3.63) is 58.8 Å². The van der Waals surface area contributed by atoms with Crippen molar-refractivity contribution in [3.63, 3.8) is 0 Å². The van der Waals surface area contributed by atoms with Gasteiger partial charge in [0.2, 0.25) is 0 Å². The lowest BCUT2D eigenvalue weighted by molar-refractivity contribution is 0.0974. The van der Waals surface area contributed by atoms with E-state index in [9.17, 15) is 4.79 Å². The third-order valence-electron chi connectivity index (χ3n) is 4.71. The first-order valence-corrected chi connectivity index (χ1v) is 9.95. The van der Waals surface area contributed by atoms with Crippen molar-refractivity contribution < 1.29 is 9.32 Å². The Bertz CT molecular complexity index is 1310. The highest BCUT2D eigenvalue weighted by atomic mass is 32.1. The number of nitrogens with one attached hydrogen (secondary N) is 2. The third kappa shape index (κ3) is 3.25. The van der Waals surface area contributed by atoms with Crippen LogP contribution < -0.4 is 5.32 Å². The quantitative estimate of drug-likeness (QED) is 0.396. The Labute approximate surface area is 169 Å². The van der Waals surface area contributed by atoms with Crippen LogP contribution in [0.15, 0.2) is 52.6 Å². The second-order valence-corrected chi connectivity index (χ2v) is 7.64. The number of carbonyl (C=O) groups excluding carboxylic acids is 1. The van der Waals surface area contributed by atoms with Gasteiger partial charge in [0.05, 0.1) is 11.2 Å². The van der Waals surface area contributed by atoms with Gasteiger partial charge < -0.3 is 9.84 Å². The summed E-state index contributed by atoms with van der Waals surface area (Å²) in [6.45, 7) is 1.97. The molecule has 0 saturated carbocycles. The van der Waals surface area contributed by atoms with Crippen LogP contribution in [0.5, 0.6) is 0 Å². The Kier molecular flexibility index (Phi) is 4.28. The van der Waals surface area contributed by atoms with Gasteiger partial charge in [0.1, 0.15) is 5.52 Å². The van der Waals surface area contributed by atoms with E-state index >= 15 is 0 Å². The minimum Gasteiger partial charge on any atom is -0.356 e. The summed E-state index contributed by atoms with van der Waals surface area (Å²) in [5.41, 5.74) is 3.84. The van der Waals surface area contributed by atoms with E-state index < -0.39 is 0 Å². The SMILES string of the molecule is CC(CC(=O)c1nccs1)c1noc2cc(Nc3n[nH]c4cccnc34)ccc12. The van der Waals surface area contributed by atoms with Gasteiger partial charge in [0, 0.05) is 47.3 Å². The topological polar surface area (TPSA) is 110 Å². The Balaban J connectivity index is 1.39. The molecule has 0 radical (unpaired) electrons. The molecule has 0 aliphatic rings. The molecule has 2 N–H and O–H groups in total. The molecule has 1 aromatic carbocycles. The average molecular weight is 404 g/mol. The van der Waals surface area contributed by atoms with Crippen molar-refractivity contribution in [1.82, 2.24) is 25.3 Å². The van der Waals surface area contributed by atoms with E-state index in [1.807, 2.05) is 37.3 Å². The molecule has 4 heterocycles. The Hall–Kier alpha value is -3.59. The number of benzene rings is 1. The number of hydrogen-bond donors (Lipinski definition) is 2. The molecule has 1 unspecified atom stereocenters. The highest BCUT2D eigenvalue weighted by Gasteiger charge is 2.20. The van der Waals surface area contributed by atoms with Gasteiger partial charge in [0.15, 0.2) is 22.2 Å². The van der Waals surface area contributed by atoms with Gasteiger partial charge in [-0.2, -0.15) is 5.10 Å². The molecule has 4 aromatic heterocycles. The summed E-state index contributed by atoms with van der Waals surface area (Å²) in [6.07, 6.45) is 3.70. The van der Waals surface area contributed by atoms with Gasteiger partial charge in [-0.3, -0.25) is 14.9 Å². The molecule has 0 amide bonds. The fraction of sp³-hybridized carbons (Fsp3) is 0.150. The van der Waals surface area contributed by atoms with Crippen LogP contribution in [0.1, 0.15) is 34.8 Å². The van der Waals surface area contributed by atoms with Gasteiger partial charge in [0.25, 0.3) is 0 Å². The summed E-state index contributed by atoms with van der Waals surface area (Å²) in [5.74, 6) is 0.577. The number of anilines is 2. The van der Waals surface area contributed by atoms with Gasteiger partial charge in [-0.05, 0) is 24.3 Å². The minimum absolute atomic E-state index is 0.0137. The van der Waals surface area contributed by atoms with Crippen LogP contribution in [-0.2, 0) is 0 Å².